The maximum atomic E-state index is 13.1. The Balaban J connectivity index is 1.49. The minimum Gasteiger partial charge on any atom is -0.321 e. The van der Waals surface area contributed by atoms with Crippen molar-refractivity contribution in [3.63, 3.8) is 0 Å². The first-order chi connectivity index (χ1) is 15.1. The fourth-order valence-electron chi connectivity index (χ4n) is 3.17. The lowest BCUT2D eigenvalue weighted by molar-refractivity contribution is 0.0956. The zero-order chi connectivity index (χ0) is 21.6. The average Bonchev–Trinajstić information content (AvgIpc) is 2.80. The molecule has 0 heterocycles. The summed E-state index contributed by atoms with van der Waals surface area (Å²) < 4.78 is 13.1. The molecule has 0 fully saturated rings. The molecule has 0 aliphatic heterocycles. The highest BCUT2D eigenvalue weighted by Crippen LogP contribution is 2.18. The number of hydrazone groups is 1. The van der Waals surface area contributed by atoms with Gasteiger partial charge in [0, 0.05) is 11.1 Å². The van der Waals surface area contributed by atoms with E-state index in [1.807, 2.05) is 42.5 Å². The van der Waals surface area contributed by atoms with Crippen LogP contribution in [0.3, 0.4) is 0 Å². The van der Waals surface area contributed by atoms with Crippen LogP contribution >= 0.6 is 0 Å². The number of fused-ring (bicyclic) bond motifs is 1. The van der Waals surface area contributed by atoms with Gasteiger partial charge in [0.2, 0.25) is 0 Å². The molecule has 0 spiro atoms. The van der Waals surface area contributed by atoms with E-state index in [2.05, 4.69) is 15.8 Å². The summed E-state index contributed by atoms with van der Waals surface area (Å²) >= 11 is 0. The molecule has 2 N–H and O–H groups in total. The Bertz CT molecular complexity index is 1280. The van der Waals surface area contributed by atoms with Crippen LogP contribution in [0.25, 0.3) is 10.8 Å². The summed E-state index contributed by atoms with van der Waals surface area (Å²) in [6, 6.07) is 25.5. The van der Waals surface area contributed by atoms with Gasteiger partial charge in [0.25, 0.3) is 11.8 Å². The van der Waals surface area contributed by atoms with Crippen molar-refractivity contribution in [2.24, 2.45) is 5.10 Å². The maximum Gasteiger partial charge on any atom is 0.273 e. The molecule has 0 aliphatic rings. The largest absolute Gasteiger partial charge is 0.321 e. The number of carbonyl (C=O) groups excluding carboxylic acids is 2. The monoisotopic (exact) mass is 411 g/mol. The minimum atomic E-state index is -0.466. The number of para-hydroxylation sites is 1. The second-order valence-corrected chi connectivity index (χ2v) is 6.77. The van der Waals surface area contributed by atoms with E-state index < -0.39 is 17.6 Å². The highest BCUT2D eigenvalue weighted by Gasteiger charge is 2.14. The molecule has 4 aromatic rings. The van der Waals surface area contributed by atoms with Gasteiger partial charge in [-0.2, -0.15) is 5.10 Å². The van der Waals surface area contributed by atoms with Crippen molar-refractivity contribution in [1.29, 1.82) is 0 Å². The van der Waals surface area contributed by atoms with Gasteiger partial charge in [-0.1, -0.05) is 54.6 Å². The lowest BCUT2D eigenvalue weighted by Gasteiger charge is -2.10. The molecule has 0 unspecified atom stereocenters. The number of anilines is 1. The molecule has 4 rings (SSSR count). The van der Waals surface area contributed by atoms with E-state index >= 15 is 0 Å². The molecule has 152 valence electrons. The predicted octanol–water partition coefficient (Wildman–Crippen LogP) is 5.00. The molecule has 0 radical (unpaired) electrons. The van der Waals surface area contributed by atoms with Crippen molar-refractivity contribution in [2.75, 3.05) is 5.32 Å². The summed E-state index contributed by atoms with van der Waals surface area (Å²) in [4.78, 5) is 25.1. The van der Waals surface area contributed by atoms with Crippen LogP contribution in [0.4, 0.5) is 10.1 Å². The quantitative estimate of drug-likeness (QED) is 0.359. The number of halogens is 1. The molecule has 4 aromatic carbocycles. The van der Waals surface area contributed by atoms with Gasteiger partial charge in [-0.05, 0) is 47.2 Å². The van der Waals surface area contributed by atoms with Crippen molar-refractivity contribution >= 4 is 34.5 Å². The van der Waals surface area contributed by atoms with E-state index in [4.69, 9.17) is 0 Å². The number of benzene rings is 4. The standard InChI is InChI=1S/C25H18FN3O2/c26-20-14-12-18(13-15-20)24(30)28-23-11-4-3-10-22(23)25(31)29-27-16-19-8-5-7-17-6-1-2-9-21(17)19/h1-16H,(H,28,30)(H,29,31)/b27-16-. The Kier molecular flexibility index (Phi) is 5.80. The molecule has 0 bridgehead atoms. The van der Waals surface area contributed by atoms with Crippen LogP contribution in [-0.2, 0) is 0 Å². The number of carbonyl (C=O) groups is 2. The van der Waals surface area contributed by atoms with Crippen LogP contribution < -0.4 is 10.7 Å². The van der Waals surface area contributed by atoms with Crippen molar-refractivity contribution in [2.45, 2.75) is 0 Å². The van der Waals surface area contributed by atoms with Crippen LogP contribution in [0.15, 0.2) is 96.1 Å². The van der Waals surface area contributed by atoms with Crippen molar-refractivity contribution < 1.29 is 14.0 Å². The summed E-state index contributed by atoms with van der Waals surface area (Å²) in [5, 5.41) is 8.86. The zero-order valence-electron chi connectivity index (χ0n) is 16.4. The highest BCUT2D eigenvalue weighted by atomic mass is 19.1. The SMILES string of the molecule is O=C(Nc1ccccc1C(=O)N/N=C\c1cccc2ccccc12)c1ccc(F)cc1. The van der Waals surface area contributed by atoms with Crippen molar-refractivity contribution in [1.82, 2.24) is 5.43 Å². The van der Waals surface area contributed by atoms with Gasteiger partial charge in [-0.25, -0.2) is 9.82 Å². The third-order valence-corrected chi connectivity index (χ3v) is 4.72. The summed E-state index contributed by atoms with van der Waals surface area (Å²) in [5.74, 6) is -1.34. The summed E-state index contributed by atoms with van der Waals surface area (Å²) in [6.45, 7) is 0. The Labute approximate surface area is 178 Å². The van der Waals surface area contributed by atoms with Gasteiger partial charge >= 0.3 is 0 Å². The molecular formula is C25H18FN3O2. The smallest absolute Gasteiger partial charge is 0.273 e. The molecule has 0 atom stereocenters. The number of nitrogens with one attached hydrogen (secondary N) is 2. The topological polar surface area (TPSA) is 70.6 Å². The van der Waals surface area contributed by atoms with E-state index in [0.29, 0.717) is 5.69 Å². The van der Waals surface area contributed by atoms with E-state index in [0.717, 1.165) is 16.3 Å². The Morgan fingerprint density at radius 3 is 2.32 bits per heavy atom. The number of nitrogens with zero attached hydrogens (tertiary/aromatic N) is 1. The molecule has 0 saturated heterocycles. The van der Waals surface area contributed by atoms with Crippen LogP contribution in [-0.4, -0.2) is 18.0 Å². The van der Waals surface area contributed by atoms with Crippen LogP contribution in [0, 0.1) is 5.82 Å². The van der Waals surface area contributed by atoms with Gasteiger partial charge in [0.1, 0.15) is 5.82 Å². The van der Waals surface area contributed by atoms with Gasteiger partial charge in [0.15, 0.2) is 0 Å². The third kappa shape index (κ3) is 4.64. The molecule has 0 aliphatic carbocycles. The maximum absolute atomic E-state index is 13.1. The van der Waals surface area contributed by atoms with E-state index in [1.165, 1.54) is 24.3 Å². The third-order valence-electron chi connectivity index (χ3n) is 4.72. The molecule has 5 nitrogen and oxygen atoms in total. The first kappa shape index (κ1) is 20.0. The van der Waals surface area contributed by atoms with E-state index in [-0.39, 0.29) is 11.1 Å². The number of amides is 2. The first-order valence-corrected chi connectivity index (χ1v) is 9.59. The Morgan fingerprint density at radius 2 is 1.48 bits per heavy atom. The fourth-order valence-corrected chi connectivity index (χ4v) is 3.17. The van der Waals surface area contributed by atoms with Gasteiger partial charge in [-0.15, -0.1) is 0 Å². The lowest BCUT2D eigenvalue weighted by Crippen LogP contribution is -2.21. The summed E-state index contributed by atoms with van der Waals surface area (Å²) in [5.41, 5.74) is 4.24. The first-order valence-electron chi connectivity index (χ1n) is 9.59. The number of hydrogen-bond acceptors (Lipinski definition) is 3. The second kappa shape index (κ2) is 9.00. The van der Waals surface area contributed by atoms with Crippen LogP contribution in [0.1, 0.15) is 26.3 Å². The molecular weight excluding hydrogens is 393 g/mol. The zero-order valence-corrected chi connectivity index (χ0v) is 16.4. The molecule has 0 saturated carbocycles. The Morgan fingerprint density at radius 1 is 0.774 bits per heavy atom. The number of hydrogen-bond donors (Lipinski definition) is 2. The molecule has 0 aromatic heterocycles. The van der Waals surface area contributed by atoms with Crippen molar-refractivity contribution in [3.05, 3.63) is 114 Å². The highest BCUT2D eigenvalue weighted by molar-refractivity contribution is 6.09. The van der Waals surface area contributed by atoms with Crippen LogP contribution in [0.2, 0.25) is 0 Å². The summed E-state index contributed by atoms with van der Waals surface area (Å²) in [6.07, 6.45) is 1.58. The van der Waals surface area contributed by atoms with Crippen LogP contribution in [0.5, 0.6) is 0 Å². The minimum absolute atomic E-state index is 0.257. The fraction of sp³-hybridized carbons (Fsp3) is 0. The molecule has 6 heteroatoms. The van der Waals surface area contributed by atoms with Gasteiger partial charge < -0.3 is 5.32 Å². The molecule has 31 heavy (non-hydrogen) atoms. The van der Waals surface area contributed by atoms with Gasteiger partial charge in [-0.3, -0.25) is 9.59 Å². The van der Waals surface area contributed by atoms with Crippen molar-refractivity contribution in [3.8, 4) is 0 Å². The summed E-state index contributed by atoms with van der Waals surface area (Å²) in [7, 11) is 0. The number of rotatable bonds is 5. The predicted molar refractivity (Wildman–Crippen MR) is 120 cm³/mol. The second-order valence-electron chi connectivity index (χ2n) is 6.77. The Hall–Kier alpha value is -4.32. The molecule has 2 amide bonds. The van der Waals surface area contributed by atoms with E-state index in [1.54, 1.807) is 30.5 Å². The van der Waals surface area contributed by atoms with Gasteiger partial charge in [0.05, 0.1) is 17.5 Å². The average molecular weight is 411 g/mol. The lowest BCUT2D eigenvalue weighted by atomic mass is 10.1. The normalized spacial score (nSPS) is 10.9. The van der Waals surface area contributed by atoms with E-state index in [9.17, 15) is 14.0 Å².